The number of hydrogen-bond donors (Lipinski definition) is 3. The second kappa shape index (κ2) is 6.17. The monoisotopic (exact) mass is 338 g/mol. The summed E-state index contributed by atoms with van der Waals surface area (Å²) < 4.78 is 26.9. The second-order valence-corrected chi connectivity index (χ2v) is 6.41. The number of aromatic carboxylic acids is 1. The smallest absolute Gasteiger partial charge is 0.339 e. The Morgan fingerprint density at radius 1 is 1.13 bits per heavy atom. The fraction of sp³-hybridized carbons (Fsp3) is 0.133. The third kappa shape index (κ3) is 3.07. The van der Waals surface area contributed by atoms with Crippen LogP contribution in [0.3, 0.4) is 0 Å². The lowest BCUT2D eigenvalue weighted by atomic mass is 10.2. The standard InChI is InChI=1S/C9H10O4.C6H4O3S/c1-2-13-6-3-4-8(10)7(5-6)9(11)12;7-6-4-2-1-3-5(6)10(4,8)9/h3-5,10H,2H2,1H3,(H,11,12);1-3,7H. The molecule has 3 N–H and O–H groups in total. The molecule has 0 unspecified atom stereocenters. The summed E-state index contributed by atoms with van der Waals surface area (Å²) in [6.07, 6.45) is 0. The van der Waals surface area contributed by atoms with Gasteiger partial charge in [-0.15, -0.1) is 0 Å². The number of rotatable bonds is 3. The Labute approximate surface area is 132 Å². The molecular formula is C15H14O7S. The number of fused-ring (bicyclic) bond motifs is 2. The maximum absolute atomic E-state index is 10.9. The number of carboxylic acids is 1. The number of sulfone groups is 1. The minimum atomic E-state index is -3.21. The van der Waals surface area contributed by atoms with Gasteiger partial charge in [0.1, 0.15) is 26.9 Å². The molecule has 4 rings (SSSR count). The van der Waals surface area contributed by atoms with Crippen LogP contribution in [0.5, 0.6) is 17.2 Å². The van der Waals surface area contributed by atoms with Gasteiger partial charge in [-0.25, -0.2) is 13.2 Å². The zero-order valence-corrected chi connectivity index (χ0v) is 12.9. The Balaban J connectivity index is 0.000000172. The molecule has 2 aromatic carbocycles. The summed E-state index contributed by atoms with van der Waals surface area (Å²) in [4.78, 5) is 10.7. The number of benzene rings is 2. The SMILES string of the molecule is CCOc1ccc(O)c(C(=O)O)c1.O=S1(=O)c2cccc1c2O. The number of carboxylic acid groups (broad SMARTS) is 1. The number of aromatic hydroxyl groups is 2. The van der Waals surface area contributed by atoms with Crippen molar-refractivity contribution in [3.05, 3.63) is 42.0 Å². The van der Waals surface area contributed by atoms with Crippen molar-refractivity contribution in [2.24, 2.45) is 0 Å². The van der Waals surface area contributed by atoms with E-state index < -0.39 is 15.8 Å². The van der Waals surface area contributed by atoms with Crippen molar-refractivity contribution in [3.8, 4) is 17.2 Å². The summed E-state index contributed by atoms with van der Waals surface area (Å²) in [6.45, 7) is 2.26. The van der Waals surface area contributed by atoms with Crippen LogP contribution in [0.1, 0.15) is 17.3 Å². The molecule has 7 nitrogen and oxygen atoms in total. The van der Waals surface area contributed by atoms with Gasteiger partial charge in [-0.05, 0) is 37.3 Å². The van der Waals surface area contributed by atoms with E-state index in [4.69, 9.17) is 20.1 Å². The lowest BCUT2D eigenvalue weighted by Crippen LogP contribution is -2.12. The summed E-state index contributed by atoms with van der Waals surface area (Å²) in [7, 11) is -3.21. The third-order valence-corrected chi connectivity index (χ3v) is 4.87. The summed E-state index contributed by atoms with van der Waals surface area (Å²) in [5, 5.41) is 26.7. The van der Waals surface area contributed by atoms with Crippen molar-refractivity contribution < 1.29 is 33.3 Å². The summed E-state index contributed by atoms with van der Waals surface area (Å²) in [5.74, 6) is -1.07. The molecule has 2 bridgehead atoms. The van der Waals surface area contributed by atoms with Crippen LogP contribution in [-0.2, 0) is 9.84 Å². The first-order chi connectivity index (χ1) is 10.8. The molecule has 0 amide bonds. The van der Waals surface area contributed by atoms with Gasteiger partial charge in [0.05, 0.1) is 6.61 Å². The quantitative estimate of drug-likeness (QED) is 0.668. The van der Waals surface area contributed by atoms with Crippen LogP contribution >= 0.6 is 0 Å². The third-order valence-electron chi connectivity index (χ3n) is 3.05. The molecule has 2 aromatic rings. The van der Waals surface area contributed by atoms with E-state index in [1.807, 2.05) is 0 Å². The molecule has 2 aliphatic heterocycles. The number of phenols is 2. The molecule has 0 spiro atoms. The summed E-state index contributed by atoms with van der Waals surface area (Å²) in [6, 6.07) is 8.49. The van der Waals surface area contributed by atoms with E-state index in [-0.39, 0.29) is 26.9 Å². The molecule has 0 aliphatic carbocycles. The van der Waals surface area contributed by atoms with Crippen molar-refractivity contribution in [1.29, 1.82) is 0 Å². The fourth-order valence-electron chi connectivity index (χ4n) is 1.95. The van der Waals surface area contributed by atoms with Gasteiger partial charge < -0.3 is 20.1 Å². The molecule has 0 saturated carbocycles. The Morgan fingerprint density at radius 3 is 2.13 bits per heavy atom. The van der Waals surface area contributed by atoms with Crippen LogP contribution in [0.15, 0.2) is 46.2 Å². The molecule has 8 heteroatoms. The molecule has 23 heavy (non-hydrogen) atoms. The lowest BCUT2D eigenvalue weighted by molar-refractivity contribution is 0.0693. The van der Waals surface area contributed by atoms with Gasteiger partial charge in [-0.3, -0.25) is 0 Å². The van der Waals surface area contributed by atoms with Gasteiger partial charge in [0.25, 0.3) is 0 Å². The van der Waals surface area contributed by atoms with Crippen molar-refractivity contribution in [2.75, 3.05) is 6.61 Å². The highest BCUT2D eigenvalue weighted by Crippen LogP contribution is 2.43. The van der Waals surface area contributed by atoms with Gasteiger partial charge in [-0.1, -0.05) is 6.07 Å². The fourth-order valence-corrected chi connectivity index (χ4v) is 3.28. The van der Waals surface area contributed by atoms with Crippen LogP contribution in [0.2, 0.25) is 0 Å². The maximum Gasteiger partial charge on any atom is 0.339 e. The molecule has 0 aromatic heterocycles. The molecule has 0 fully saturated rings. The molecule has 0 atom stereocenters. The van der Waals surface area contributed by atoms with Crippen LogP contribution in [0.4, 0.5) is 0 Å². The van der Waals surface area contributed by atoms with E-state index in [0.29, 0.717) is 12.4 Å². The van der Waals surface area contributed by atoms with Gasteiger partial charge in [0, 0.05) is 0 Å². The number of carbonyl (C=O) groups is 1. The van der Waals surface area contributed by atoms with Gasteiger partial charge in [0.15, 0.2) is 5.75 Å². The van der Waals surface area contributed by atoms with Gasteiger partial charge in [0.2, 0.25) is 9.84 Å². The van der Waals surface area contributed by atoms with Crippen LogP contribution in [0.25, 0.3) is 0 Å². The van der Waals surface area contributed by atoms with Gasteiger partial charge >= 0.3 is 5.97 Å². The Kier molecular flexibility index (Phi) is 4.46. The Hall–Kier alpha value is -2.74. The molecular weight excluding hydrogens is 324 g/mol. The zero-order valence-electron chi connectivity index (χ0n) is 12.1. The van der Waals surface area contributed by atoms with Crippen molar-refractivity contribution in [2.45, 2.75) is 16.7 Å². The molecule has 2 aliphatic rings. The van der Waals surface area contributed by atoms with Gasteiger partial charge in [-0.2, -0.15) is 0 Å². The normalized spacial score (nSPS) is 13.3. The van der Waals surface area contributed by atoms with E-state index in [2.05, 4.69) is 0 Å². The van der Waals surface area contributed by atoms with E-state index >= 15 is 0 Å². The van der Waals surface area contributed by atoms with E-state index in [9.17, 15) is 13.2 Å². The highest BCUT2D eigenvalue weighted by molar-refractivity contribution is 7.93. The number of para-hydroxylation sites is 1. The Morgan fingerprint density at radius 2 is 1.74 bits per heavy atom. The second-order valence-electron chi connectivity index (χ2n) is 4.52. The highest BCUT2D eigenvalue weighted by Gasteiger charge is 2.35. The molecule has 122 valence electrons. The molecule has 0 saturated heterocycles. The summed E-state index contributed by atoms with van der Waals surface area (Å²) >= 11 is 0. The topological polar surface area (TPSA) is 121 Å². The van der Waals surface area contributed by atoms with Crippen molar-refractivity contribution in [1.82, 2.24) is 0 Å². The van der Waals surface area contributed by atoms with Crippen molar-refractivity contribution in [3.63, 3.8) is 0 Å². The average Bonchev–Trinajstić information content (AvgIpc) is 2.50. The lowest BCUT2D eigenvalue weighted by Gasteiger charge is -2.17. The Bertz CT molecular complexity index is 828. The average molecular weight is 338 g/mol. The van der Waals surface area contributed by atoms with E-state index in [1.165, 1.54) is 30.3 Å². The first-order valence-electron chi connectivity index (χ1n) is 6.55. The van der Waals surface area contributed by atoms with Crippen LogP contribution in [0, 0.1) is 0 Å². The van der Waals surface area contributed by atoms with E-state index in [1.54, 1.807) is 13.0 Å². The first kappa shape index (κ1) is 16.6. The summed E-state index contributed by atoms with van der Waals surface area (Å²) in [5.41, 5.74) is -0.147. The van der Waals surface area contributed by atoms with Crippen LogP contribution < -0.4 is 4.74 Å². The number of hydrogen-bond acceptors (Lipinski definition) is 6. The maximum atomic E-state index is 10.9. The van der Waals surface area contributed by atoms with E-state index in [0.717, 1.165) is 0 Å². The minimum Gasteiger partial charge on any atom is -0.507 e. The largest absolute Gasteiger partial charge is 0.507 e. The number of phenolic OH excluding ortho intramolecular Hbond substituents is 1. The predicted octanol–water partition coefficient (Wildman–Crippen LogP) is 2.03. The number of ether oxygens (including phenoxy) is 1. The minimum absolute atomic E-state index is 0.0463. The molecule has 0 radical (unpaired) electrons. The highest BCUT2D eigenvalue weighted by atomic mass is 32.2. The predicted molar refractivity (Wildman–Crippen MR) is 79.8 cm³/mol. The first-order valence-corrected chi connectivity index (χ1v) is 8.03. The molecule has 2 heterocycles. The van der Waals surface area contributed by atoms with Crippen LogP contribution in [-0.4, -0.2) is 36.3 Å². The zero-order chi connectivity index (χ0) is 17.2. The van der Waals surface area contributed by atoms with Crippen molar-refractivity contribution >= 4 is 15.8 Å².